The number of nitrogens with zero attached hydrogens (tertiary/aromatic N) is 5. The molecule has 0 aliphatic heterocycles. The molecule has 4 aromatic rings. The van der Waals surface area contributed by atoms with Gasteiger partial charge in [-0.05, 0) is 44.2 Å². The van der Waals surface area contributed by atoms with Crippen LogP contribution in [0.5, 0.6) is 5.75 Å². The molecule has 170 valence electrons. The molecule has 0 aliphatic rings. The third kappa shape index (κ3) is 5.61. The quantitative estimate of drug-likeness (QED) is 0.373. The van der Waals surface area contributed by atoms with Gasteiger partial charge in [0.25, 0.3) is 0 Å². The molecule has 0 radical (unpaired) electrons. The number of anilines is 1. The molecule has 8 nitrogen and oxygen atoms in total. The number of carbonyl (C=O) groups is 1. The van der Waals surface area contributed by atoms with Gasteiger partial charge < -0.3 is 19.2 Å². The smallest absolute Gasteiger partial charge is 0.234 e. The molecule has 0 atom stereocenters. The van der Waals surface area contributed by atoms with Crippen LogP contribution in [0, 0.1) is 6.92 Å². The summed E-state index contributed by atoms with van der Waals surface area (Å²) in [5.74, 6) is 2.50. The van der Waals surface area contributed by atoms with Crippen molar-refractivity contribution < 1.29 is 9.53 Å². The number of imidazole rings is 1. The van der Waals surface area contributed by atoms with E-state index in [1.54, 1.807) is 6.20 Å². The standard InChI is InChI=1S/C24H26N6O2S/c1-4-30-23(18-7-5-6-17(2)14-18)27-28-24(30)33-16-22(31)26-19-8-10-20(11-9-19)32-15-21-25-12-13-29(21)3/h5-14H,4,15-16H2,1-3H3,(H,26,31). The van der Waals surface area contributed by atoms with E-state index in [2.05, 4.69) is 39.6 Å². The summed E-state index contributed by atoms with van der Waals surface area (Å²) in [5, 5.41) is 12.3. The van der Waals surface area contributed by atoms with Crippen molar-refractivity contribution >= 4 is 23.4 Å². The lowest BCUT2D eigenvalue weighted by atomic mass is 10.1. The predicted molar refractivity (Wildman–Crippen MR) is 129 cm³/mol. The van der Waals surface area contributed by atoms with Gasteiger partial charge in [0.2, 0.25) is 5.91 Å². The van der Waals surface area contributed by atoms with Crippen molar-refractivity contribution in [1.82, 2.24) is 24.3 Å². The Morgan fingerprint density at radius 2 is 1.97 bits per heavy atom. The molecule has 4 rings (SSSR count). The van der Waals surface area contributed by atoms with Gasteiger partial charge in [-0.1, -0.05) is 35.5 Å². The van der Waals surface area contributed by atoms with Crippen LogP contribution in [0.15, 0.2) is 66.1 Å². The lowest BCUT2D eigenvalue weighted by Gasteiger charge is -2.09. The van der Waals surface area contributed by atoms with Gasteiger partial charge in [-0.3, -0.25) is 4.79 Å². The van der Waals surface area contributed by atoms with Crippen molar-refractivity contribution in [1.29, 1.82) is 0 Å². The van der Waals surface area contributed by atoms with Gasteiger partial charge in [-0.2, -0.15) is 0 Å². The summed E-state index contributed by atoms with van der Waals surface area (Å²) in [5.41, 5.74) is 2.90. The normalized spacial score (nSPS) is 10.9. The maximum atomic E-state index is 12.5. The fourth-order valence-electron chi connectivity index (χ4n) is 3.32. The Labute approximate surface area is 197 Å². The van der Waals surface area contributed by atoms with Crippen LogP contribution in [0.4, 0.5) is 5.69 Å². The minimum absolute atomic E-state index is 0.107. The number of nitrogens with one attached hydrogen (secondary N) is 1. The second-order valence-corrected chi connectivity index (χ2v) is 8.47. The van der Waals surface area contributed by atoms with Gasteiger partial charge >= 0.3 is 0 Å². The Hall–Kier alpha value is -3.59. The maximum Gasteiger partial charge on any atom is 0.234 e. The van der Waals surface area contributed by atoms with E-state index in [1.807, 2.05) is 65.7 Å². The molecule has 0 spiro atoms. The largest absolute Gasteiger partial charge is 0.486 e. The topological polar surface area (TPSA) is 86.9 Å². The van der Waals surface area contributed by atoms with Crippen LogP contribution in [0.25, 0.3) is 11.4 Å². The average molecular weight is 463 g/mol. The van der Waals surface area contributed by atoms with E-state index in [-0.39, 0.29) is 11.7 Å². The number of carbonyl (C=O) groups excluding carboxylic acids is 1. The van der Waals surface area contributed by atoms with Crippen LogP contribution < -0.4 is 10.1 Å². The summed E-state index contributed by atoms with van der Waals surface area (Å²) >= 11 is 1.37. The van der Waals surface area contributed by atoms with Gasteiger partial charge in [0.05, 0.1) is 5.75 Å². The summed E-state index contributed by atoms with van der Waals surface area (Å²) in [7, 11) is 1.93. The molecule has 1 N–H and O–H groups in total. The van der Waals surface area contributed by atoms with E-state index < -0.39 is 0 Å². The highest BCUT2D eigenvalue weighted by atomic mass is 32.2. The van der Waals surface area contributed by atoms with Crippen molar-refractivity contribution in [2.24, 2.45) is 7.05 Å². The summed E-state index contributed by atoms with van der Waals surface area (Å²) < 4.78 is 9.69. The maximum absolute atomic E-state index is 12.5. The van der Waals surface area contributed by atoms with Gasteiger partial charge in [-0.15, -0.1) is 10.2 Å². The summed E-state index contributed by atoms with van der Waals surface area (Å²) in [6.45, 7) is 5.20. The molecule has 1 amide bonds. The lowest BCUT2D eigenvalue weighted by molar-refractivity contribution is -0.113. The second kappa shape index (κ2) is 10.4. The van der Waals surface area contributed by atoms with Crippen LogP contribution in [-0.4, -0.2) is 36.0 Å². The van der Waals surface area contributed by atoms with Gasteiger partial charge in [0.1, 0.15) is 18.2 Å². The van der Waals surface area contributed by atoms with E-state index in [0.717, 1.165) is 28.9 Å². The molecule has 0 saturated carbocycles. The van der Waals surface area contributed by atoms with Crippen molar-refractivity contribution in [3.05, 3.63) is 72.3 Å². The number of hydrogen-bond donors (Lipinski definition) is 1. The highest BCUT2D eigenvalue weighted by Gasteiger charge is 2.15. The Bertz CT molecular complexity index is 1230. The molecule has 0 fully saturated rings. The molecule has 9 heteroatoms. The third-order valence-corrected chi connectivity index (χ3v) is 6.04. The van der Waals surface area contributed by atoms with Crippen LogP contribution >= 0.6 is 11.8 Å². The van der Waals surface area contributed by atoms with Crippen LogP contribution in [0.2, 0.25) is 0 Å². The Morgan fingerprint density at radius 1 is 1.15 bits per heavy atom. The average Bonchev–Trinajstić information content (AvgIpc) is 3.42. The monoisotopic (exact) mass is 462 g/mol. The molecule has 33 heavy (non-hydrogen) atoms. The summed E-state index contributed by atoms with van der Waals surface area (Å²) in [6.07, 6.45) is 3.61. The zero-order chi connectivity index (χ0) is 23.2. The van der Waals surface area contributed by atoms with Crippen molar-refractivity contribution in [2.75, 3.05) is 11.1 Å². The molecular formula is C24H26N6O2S. The zero-order valence-corrected chi connectivity index (χ0v) is 19.7. The third-order valence-electron chi connectivity index (χ3n) is 5.07. The molecule has 0 bridgehead atoms. The number of ether oxygens (including phenoxy) is 1. The van der Waals surface area contributed by atoms with Gasteiger partial charge in [-0.25, -0.2) is 4.98 Å². The molecule has 0 aliphatic carbocycles. The van der Waals surface area contributed by atoms with Gasteiger partial charge in [0.15, 0.2) is 11.0 Å². The number of aryl methyl sites for hydroxylation is 2. The Kier molecular flexibility index (Phi) is 7.09. The second-order valence-electron chi connectivity index (χ2n) is 7.52. The minimum Gasteiger partial charge on any atom is -0.486 e. The highest BCUT2D eigenvalue weighted by Crippen LogP contribution is 2.25. The van der Waals surface area contributed by atoms with E-state index in [1.165, 1.54) is 17.3 Å². The number of aromatic nitrogens is 5. The lowest BCUT2D eigenvalue weighted by Crippen LogP contribution is -2.14. The first-order chi connectivity index (χ1) is 16.0. The molecule has 0 unspecified atom stereocenters. The van der Waals surface area contributed by atoms with Gasteiger partial charge in [0, 0.05) is 37.2 Å². The Morgan fingerprint density at radius 3 is 2.67 bits per heavy atom. The van der Waals surface area contributed by atoms with Crippen molar-refractivity contribution in [2.45, 2.75) is 32.2 Å². The number of rotatable bonds is 9. The highest BCUT2D eigenvalue weighted by molar-refractivity contribution is 7.99. The van der Waals surface area contributed by atoms with E-state index in [4.69, 9.17) is 4.74 Å². The van der Waals surface area contributed by atoms with Crippen LogP contribution in [-0.2, 0) is 25.0 Å². The fraction of sp³-hybridized carbons (Fsp3) is 0.250. The van der Waals surface area contributed by atoms with E-state index in [0.29, 0.717) is 18.0 Å². The Balaban J connectivity index is 1.32. The first kappa shape index (κ1) is 22.6. The first-order valence-electron chi connectivity index (χ1n) is 10.7. The number of thioether (sulfide) groups is 1. The molecule has 2 aromatic carbocycles. The number of amides is 1. The molecule has 2 heterocycles. The fourth-order valence-corrected chi connectivity index (χ4v) is 4.13. The SMILES string of the molecule is CCn1c(SCC(=O)Nc2ccc(OCc3nccn3C)cc2)nnc1-c1cccc(C)c1. The minimum atomic E-state index is -0.107. The number of benzene rings is 2. The molecule has 2 aromatic heterocycles. The van der Waals surface area contributed by atoms with Crippen molar-refractivity contribution in [3.63, 3.8) is 0 Å². The van der Waals surface area contributed by atoms with E-state index >= 15 is 0 Å². The molecule has 0 saturated heterocycles. The first-order valence-corrected chi connectivity index (χ1v) is 11.6. The summed E-state index contributed by atoms with van der Waals surface area (Å²) in [6, 6.07) is 15.5. The number of hydrogen-bond acceptors (Lipinski definition) is 6. The zero-order valence-electron chi connectivity index (χ0n) is 18.9. The van der Waals surface area contributed by atoms with Crippen molar-refractivity contribution in [3.8, 4) is 17.1 Å². The van der Waals surface area contributed by atoms with Crippen LogP contribution in [0.3, 0.4) is 0 Å². The van der Waals surface area contributed by atoms with E-state index in [9.17, 15) is 4.79 Å². The van der Waals surface area contributed by atoms with Crippen LogP contribution in [0.1, 0.15) is 18.3 Å². The summed E-state index contributed by atoms with van der Waals surface area (Å²) in [4.78, 5) is 16.7. The predicted octanol–water partition coefficient (Wildman–Crippen LogP) is 4.32. The molecular weight excluding hydrogens is 436 g/mol.